The van der Waals surface area contributed by atoms with Crippen LogP contribution in [0.2, 0.25) is 0 Å². The van der Waals surface area contributed by atoms with Gasteiger partial charge in [-0.15, -0.1) is 0 Å². The van der Waals surface area contributed by atoms with Gasteiger partial charge in [-0.05, 0) is 23.1 Å². The number of nitrogens with zero attached hydrogens (tertiary/aromatic N) is 1. The Bertz CT molecular complexity index is 447. The molecule has 0 amide bonds. The van der Waals surface area contributed by atoms with Crippen LogP contribution in [-0.2, 0) is 6.42 Å². The van der Waals surface area contributed by atoms with E-state index in [1.54, 1.807) is 0 Å². The van der Waals surface area contributed by atoms with Gasteiger partial charge in [0.2, 0.25) is 5.78 Å². The van der Waals surface area contributed by atoms with E-state index in [4.69, 9.17) is 5.21 Å². The smallest absolute Gasteiger partial charge is 0.211 e. The van der Waals surface area contributed by atoms with Gasteiger partial charge in [0.1, 0.15) is 5.71 Å². The normalized spacial score (nSPS) is 17.5. The van der Waals surface area contributed by atoms with Crippen molar-refractivity contribution in [3.63, 3.8) is 0 Å². The summed E-state index contributed by atoms with van der Waals surface area (Å²) in [5, 5.41) is 11.7. The highest BCUT2D eigenvalue weighted by atomic mass is 16.4. The number of ketones is 1. The van der Waals surface area contributed by atoms with Crippen LogP contribution in [0, 0.1) is 0 Å². The zero-order chi connectivity index (χ0) is 11.0. The van der Waals surface area contributed by atoms with Crippen LogP contribution in [0.4, 0.5) is 0 Å². The van der Waals surface area contributed by atoms with Crippen molar-refractivity contribution in [2.24, 2.45) is 5.16 Å². The quantitative estimate of drug-likeness (QED) is 0.562. The zero-order valence-electron chi connectivity index (χ0n) is 8.82. The van der Waals surface area contributed by atoms with Crippen LogP contribution in [0.15, 0.2) is 23.4 Å². The molecule has 0 saturated heterocycles. The van der Waals surface area contributed by atoms with Gasteiger partial charge in [0, 0.05) is 12.0 Å². The maximum absolute atomic E-state index is 11.7. The second-order valence-electron chi connectivity index (χ2n) is 4.12. The summed E-state index contributed by atoms with van der Waals surface area (Å²) < 4.78 is 0. The Morgan fingerprint density at radius 1 is 1.40 bits per heavy atom. The van der Waals surface area contributed by atoms with Crippen molar-refractivity contribution in [1.82, 2.24) is 0 Å². The van der Waals surface area contributed by atoms with Gasteiger partial charge in [0.15, 0.2) is 0 Å². The molecule has 0 fully saturated rings. The fraction of sp³-hybridized carbons (Fsp3) is 0.333. The molecule has 0 spiro atoms. The Labute approximate surface area is 88.4 Å². The number of oxime groups is 1. The van der Waals surface area contributed by atoms with Crippen LogP contribution >= 0.6 is 0 Å². The van der Waals surface area contributed by atoms with Crippen molar-refractivity contribution < 1.29 is 10.0 Å². The summed E-state index contributed by atoms with van der Waals surface area (Å²) in [6.45, 7) is 4.17. The summed E-state index contributed by atoms with van der Waals surface area (Å²) >= 11 is 0. The van der Waals surface area contributed by atoms with Gasteiger partial charge in [-0.3, -0.25) is 4.79 Å². The first-order valence-corrected chi connectivity index (χ1v) is 5.02. The van der Waals surface area contributed by atoms with E-state index < -0.39 is 0 Å². The topological polar surface area (TPSA) is 49.7 Å². The second kappa shape index (κ2) is 3.50. The highest BCUT2D eigenvalue weighted by molar-refractivity contribution is 6.49. The number of rotatable bonds is 1. The third-order valence-electron chi connectivity index (χ3n) is 2.79. The van der Waals surface area contributed by atoms with Gasteiger partial charge in [-0.1, -0.05) is 31.1 Å². The van der Waals surface area contributed by atoms with E-state index in [-0.39, 0.29) is 11.5 Å². The van der Waals surface area contributed by atoms with Gasteiger partial charge in [0.25, 0.3) is 0 Å². The van der Waals surface area contributed by atoms with E-state index in [9.17, 15) is 4.79 Å². The van der Waals surface area contributed by atoms with E-state index in [1.165, 1.54) is 0 Å². The lowest BCUT2D eigenvalue weighted by Crippen LogP contribution is -2.07. The Morgan fingerprint density at radius 3 is 2.73 bits per heavy atom. The van der Waals surface area contributed by atoms with Crippen LogP contribution in [0.25, 0.3) is 0 Å². The number of carbonyl (C=O) groups excluding carboxylic acids is 1. The molecule has 3 heteroatoms. The summed E-state index contributed by atoms with van der Waals surface area (Å²) in [5.74, 6) is 0.258. The van der Waals surface area contributed by atoms with Crippen molar-refractivity contribution in [3.8, 4) is 0 Å². The number of hydrogen-bond donors (Lipinski definition) is 1. The molecule has 3 nitrogen and oxygen atoms in total. The maximum atomic E-state index is 11.7. The van der Waals surface area contributed by atoms with Crippen molar-refractivity contribution in [1.29, 1.82) is 0 Å². The van der Waals surface area contributed by atoms with Crippen LogP contribution < -0.4 is 0 Å². The zero-order valence-corrected chi connectivity index (χ0v) is 8.82. The molecule has 0 unspecified atom stereocenters. The second-order valence-corrected chi connectivity index (χ2v) is 4.12. The predicted octanol–water partition coefficient (Wildman–Crippen LogP) is 2.38. The summed E-state index contributed by atoms with van der Waals surface area (Å²) in [5.41, 5.74) is 3.03. The molecule has 1 aromatic carbocycles. The minimum absolute atomic E-state index is 0.144. The molecule has 0 saturated carbocycles. The van der Waals surface area contributed by atoms with Gasteiger partial charge in [-0.25, -0.2) is 0 Å². The number of carbonyl (C=O) groups is 1. The number of Topliss-reactive ketones (excluding diaryl/α,β-unsaturated/α-hetero) is 1. The molecule has 0 heterocycles. The molecule has 1 aromatic rings. The van der Waals surface area contributed by atoms with Crippen molar-refractivity contribution in [2.75, 3.05) is 0 Å². The predicted molar refractivity (Wildman–Crippen MR) is 57.8 cm³/mol. The van der Waals surface area contributed by atoms with Gasteiger partial charge < -0.3 is 5.21 Å². The lowest BCUT2D eigenvalue weighted by molar-refractivity contribution is 0.106. The molecule has 1 aliphatic carbocycles. The van der Waals surface area contributed by atoms with E-state index in [0.29, 0.717) is 17.9 Å². The molecular weight excluding hydrogens is 190 g/mol. The van der Waals surface area contributed by atoms with E-state index >= 15 is 0 Å². The minimum atomic E-state index is -0.144. The molecule has 0 atom stereocenters. The summed E-state index contributed by atoms with van der Waals surface area (Å²) in [6, 6.07) is 5.87. The average molecular weight is 203 g/mol. The average Bonchev–Trinajstić information content (AvgIpc) is 2.55. The molecule has 15 heavy (non-hydrogen) atoms. The van der Waals surface area contributed by atoms with Gasteiger partial charge in [-0.2, -0.15) is 0 Å². The Morgan fingerprint density at radius 2 is 2.13 bits per heavy atom. The van der Waals surface area contributed by atoms with Crippen molar-refractivity contribution >= 4 is 11.5 Å². The molecule has 1 aliphatic rings. The van der Waals surface area contributed by atoms with Crippen molar-refractivity contribution in [2.45, 2.75) is 26.2 Å². The van der Waals surface area contributed by atoms with E-state index in [2.05, 4.69) is 19.0 Å². The molecule has 0 aliphatic heterocycles. The van der Waals surface area contributed by atoms with Crippen LogP contribution in [0.1, 0.15) is 41.3 Å². The standard InChI is InChI=1S/C12H13NO2/c1-7(2)8-3-4-9-6-11(13-15)12(14)10(9)5-8/h3-5,7,15H,6H2,1-2H3. The first-order chi connectivity index (χ1) is 7.13. The first kappa shape index (κ1) is 9.90. The number of hydrogen-bond acceptors (Lipinski definition) is 3. The summed E-state index contributed by atoms with van der Waals surface area (Å²) in [7, 11) is 0. The fourth-order valence-corrected chi connectivity index (χ4v) is 1.82. The molecule has 0 bridgehead atoms. The van der Waals surface area contributed by atoms with Gasteiger partial charge in [0.05, 0.1) is 0 Å². The monoisotopic (exact) mass is 203 g/mol. The van der Waals surface area contributed by atoms with E-state index in [0.717, 1.165) is 11.1 Å². The SMILES string of the molecule is CC(C)c1ccc2c(c1)C(=O)C(=NO)C2. The summed E-state index contributed by atoms with van der Waals surface area (Å²) in [4.78, 5) is 11.7. The molecule has 1 N–H and O–H groups in total. The molecule has 0 aromatic heterocycles. The lowest BCUT2D eigenvalue weighted by Gasteiger charge is -2.06. The number of fused-ring (bicyclic) bond motifs is 1. The van der Waals surface area contributed by atoms with Crippen LogP contribution in [0.5, 0.6) is 0 Å². The lowest BCUT2D eigenvalue weighted by atomic mass is 9.98. The highest BCUT2D eigenvalue weighted by Crippen LogP contribution is 2.24. The Kier molecular flexibility index (Phi) is 2.31. The highest BCUT2D eigenvalue weighted by Gasteiger charge is 2.27. The molecule has 0 radical (unpaired) electrons. The Hall–Kier alpha value is -1.64. The molecule has 78 valence electrons. The molecule has 2 rings (SSSR count). The third kappa shape index (κ3) is 1.54. The summed E-state index contributed by atoms with van der Waals surface area (Å²) in [6.07, 6.45) is 0.447. The van der Waals surface area contributed by atoms with Gasteiger partial charge >= 0.3 is 0 Å². The van der Waals surface area contributed by atoms with Crippen LogP contribution in [-0.4, -0.2) is 16.7 Å². The van der Waals surface area contributed by atoms with Crippen LogP contribution in [0.3, 0.4) is 0 Å². The maximum Gasteiger partial charge on any atom is 0.211 e. The fourth-order valence-electron chi connectivity index (χ4n) is 1.82. The first-order valence-electron chi connectivity index (χ1n) is 5.02. The van der Waals surface area contributed by atoms with E-state index in [1.807, 2.05) is 18.2 Å². The molecular formula is C12H13NO2. The largest absolute Gasteiger partial charge is 0.411 e. The van der Waals surface area contributed by atoms with Crippen molar-refractivity contribution in [3.05, 3.63) is 34.9 Å². The Balaban J connectivity index is 2.49. The third-order valence-corrected chi connectivity index (χ3v) is 2.79. The number of benzene rings is 1. The minimum Gasteiger partial charge on any atom is -0.411 e.